The summed E-state index contributed by atoms with van der Waals surface area (Å²) in [6, 6.07) is 15.4. The molecule has 1 fully saturated rings. The van der Waals surface area contributed by atoms with E-state index in [0.717, 1.165) is 54.3 Å². The van der Waals surface area contributed by atoms with Gasteiger partial charge < -0.3 is 35.3 Å². The predicted molar refractivity (Wildman–Crippen MR) is 193 cm³/mol. The molecule has 2 aliphatic rings. The third kappa shape index (κ3) is 5.27. The number of phenols is 1. The lowest BCUT2D eigenvalue weighted by Crippen LogP contribution is -2.48. The molecule has 3 aromatic carbocycles. The Morgan fingerprint density at radius 3 is 2.49 bits per heavy atom. The fourth-order valence-electron chi connectivity index (χ4n) is 7.35. The molecule has 0 aliphatic carbocycles. The number of carbonyl (C=O) groups excluding carboxylic acids is 2. The van der Waals surface area contributed by atoms with Gasteiger partial charge in [0.1, 0.15) is 17.1 Å². The number of alkyl halides is 1. The van der Waals surface area contributed by atoms with E-state index in [1.807, 2.05) is 25.2 Å². The number of rotatable bonds is 5. The number of benzene rings is 3. The Bertz CT molecular complexity index is 2330. The van der Waals surface area contributed by atoms with Gasteiger partial charge >= 0.3 is 6.09 Å². The van der Waals surface area contributed by atoms with Crippen LogP contribution < -0.4 is 10.2 Å². The van der Waals surface area contributed by atoms with Crippen LogP contribution in [0.25, 0.3) is 31.9 Å². The second-order valence-electron chi connectivity index (χ2n) is 12.9. The molecule has 2 atom stereocenters. The van der Waals surface area contributed by atoms with E-state index < -0.39 is 6.09 Å². The first-order chi connectivity index (χ1) is 23.6. The summed E-state index contributed by atoms with van der Waals surface area (Å²) in [5.74, 6) is -0.184. The van der Waals surface area contributed by atoms with E-state index >= 15 is 0 Å². The molecule has 0 radical (unpaired) electrons. The van der Waals surface area contributed by atoms with Gasteiger partial charge in [-0.05, 0) is 90.6 Å². The molecule has 2 aliphatic heterocycles. The zero-order valence-corrected chi connectivity index (χ0v) is 28.3. The zero-order valence-electron chi connectivity index (χ0n) is 26.7. The van der Waals surface area contributed by atoms with Crippen molar-refractivity contribution in [3.8, 4) is 5.75 Å². The number of carbonyl (C=O) groups is 3. The van der Waals surface area contributed by atoms with Gasteiger partial charge in [-0.1, -0.05) is 0 Å². The lowest BCUT2D eigenvalue weighted by atomic mass is 9.92. The first-order valence-electron chi connectivity index (χ1n) is 16.0. The first-order valence-corrected chi connectivity index (χ1v) is 17.4. The number of likely N-dealkylation sites (N-methyl/N-ethyl adjacent to an activating group) is 1. The van der Waals surface area contributed by atoms with Crippen LogP contribution >= 0.6 is 22.9 Å². The van der Waals surface area contributed by atoms with Crippen LogP contribution in [0.3, 0.4) is 0 Å². The van der Waals surface area contributed by atoms with Gasteiger partial charge in [-0.25, -0.2) is 4.79 Å². The van der Waals surface area contributed by atoms with Crippen molar-refractivity contribution in [2.24, 2.45) is 0 Å². The predicted octanol–water partition coefficient (Wildman–Crippen LogP) is 7.08. The number of anilines is 2. The number of nitrogens with zero attached hydrogens (tertiary/aromatic N) is 3. The summed E-state index contributed by atoms with van der Waals surface area (Å²) in [5.41, 5.74) is 6.55. The fraction of sp³-hybridized carbons (Fsp3) is 0.250. The van der Waals surface area contributed by atoms with Crippen molar-refractivity contribution in [1.82, 2.24) is 19.8 Å². The number of aromatic nitrogens is 2. The maximum absolute atomic E-state index is 14.3. The number of hydrogen-bond acceptors (Lipinski definition) is 6. The van der Waals surface area contributed by atoms with Gasteiger partial charge in [-0.15, -0.1) is 22.9 Å². The van der Waals surface area contributed by atoms with Crippen LogP contribution in [-0.4, -0.2) is 87.0 Å². The molecule has 49 heavy (non-hydrogen) atoms. The number of halogens is 1. The molecule has 0 spiro atoms. The Morgan fingerprint density at radius 2 is 1.71 bits per heavy atom. The summed E-state index contributed by atoms with van der Waals surface area (Å²) in [5, 5.41) is 27.4. The van der Waals surface area contributed by atoms with E-state index in [1.165, 1.54) is 4.90 Å². The topological polar surface area (TPSA) is 145 Å². The molecule has 1 saturated heterocycles. The highest BCUT2D eigenvalue weighted by atomic mass is 35.5. The van der Waals surface area contributed by atoms with E-state index in [2.05, 4.69) is 32.5 Å². The van der Waals surface area contributed by atoms with Crippen molar-refractivity contribution < 1.29 is 24.6 Å². The fourth-order valence-corrected chi connectivity index (χ4v) is 8.73. The maximum atomic E-state index is 14.3. The second kappa shape index (κ2) is 11.8. The molecule has 5 heterocycles. The van der Waals surface area contributed by atoms with Gasteiger partial charge in [0.05, 0.1) is 6.04 Å². The quantitative estimate of drug-likeness (QED) is 0.122. The molecule has 13 heteroatoms. The minimum atomic E-state index is -0.957. The van der Waals surface area contributed by atoms with E-state index in [4.69, 9.17) is 11.6 Å². The standard InChI is InChI=1S/C36H33ClN6O5S/c1-18-17-49-33-24(30-16-41(2)7-8-42(30)36(47)48)13-29-32(31(18)33)21(14-37)15-43(29)35(46)28-12-19-9-22(3-5-25(19)40-28)38-34(45)27-11-20-10-23(44)4-6-26(20)39-27/h3-6,9-13,17,21,30,39-40,44H,7-8,14-16H2,1-2H3,(H,38,45)(H,47,48)/t21-,30?/m1/s1. The number of aromatic hydroxyl groups is 1. The molecular weight excluding hydrogens is 664 g/mol. The summed E-state index contributed by atoms with van der Waals surface area (Å²) in [7, 11) is 2.00. The normalized spacial score (nSPS) is 18.1. The van der Waals surface area contributed by atoms with E-state index in [1.54, 1.807) is 52.6 Å². The van der Waals surface area contributed by atoms with Crippen molar-refractivity contribution in [3.05, 3.63) is 88.1 Å². The first kappa shape index (κ1) is 31.2. The molecule has 250 valence electrons. The number of hydrogen-bond donors (Lipinski definition) is 5. The molecule has 5 N–H and O–H groups in total. The zero-order chi connectivity index (χ0) is 34.1. The number of carboxylic acid groups (broad SMARTS) is 1. The highest BCUT2D eigenvalue weighted by molar-refractivity contribution is 7.17. The molecule has 3 amide bonds. The molecule has 0 saturated carbocycles. The van der Waals surface area contributed by atoms with Crippen LogP contribution in [0.2, 0.25) is 0 Å². The molecule has 1 unspecified atom stereocenters. The number of fused-ring (bicyclic) bond motifs is 5. The Labute approximate surface area is 289 Å². The van der Waals surface area contributed by atoms with Crippen LogP contribution in [0.15, 0.2) is 60.0 Å². The maximum Gasteiger partial charge on any atom is 0.407 e. The van der Waals surface area contributed by atoms with E-state index in [9.17, 15) is 24.6 Å². The van der Waals surface area contributed by atoms with Crippen molar-refractivity contribution in [2.45, 2.75) is 18.9 Å². The Hall–Kier alpha value is -5.04. The number of thiophene rings is 1. The minimum absolute atomic E-state index is 0.0881. The highest BCUT2D eigenvalue weighted by Gasteiger charge is 2.39. The SMILES string of the molecule is Cc1csc2c(C3CN(C)CCN3C(=O)O)cc3c(c12)[C@H](CCl)CN3C(=O)c1cc2cc(NC(=O)c3cc4cc(O)ccc4[nH]3)ccc2[nH]1. The van der Waals surface area contributed by atoms with Crippen molar-refractivity contribution in [3.63, 3.8) is 0 Å². The summed E-state index contributed by atoms with van der Waals surface area (Å²) in [6.07, 6.45) is -0.957. The van der Waals surface area contributed by atoms with Gasteiger partial charge in [0.2, 0.25) is 0 Å². The van der Waals surface area contributed by atoms with Crippen molar-refractivity contribution in [1.29, 1.82) is 0 Å². The lowest BCUT2D eigenvalue weighted by molar-refractivity contribution is 0.0780. The van der Waals surface area contributed by atoms with Crippen LogP contribution in [0.5, 0.6) is 5.75 Å². The van der Waals surface area contributed by atoms with Crippen LogP contribution in [-0.2, 0) is 0 Å². The molecule has 6 aromatic rings. The molecular formula is C36H33ClN6O5S. The molecule has 8 rings (SSSR count). The Kier molecular flexibility index (Phi) is 7.54. The number of amides is 3. The third-order valence-electron chi connectivity index (χ3n) is 9.75. The van der Waals surface area contributed by atoms with E-state index in [0.29, 0.717) is 49.1 Å². The van der Waals surface area contributed by atoms with Crippen LogP contribution in [0.1, 0.15) is 49.6 Å². The number of phenolic OH excluding ortho intramolecular Hbond substituents is 1. The number of aryl methyl sites for hydroxylation is 1. The molecule has 11 nitrogen and oxygen atoms in total. The highest BCUT2D eigenvalue weighted by Crippen LogP contribution is 2.49. The largest absolute Gasteiger partial charge is 0.508 e. The summed E-state index contributed by atoms with van der Waals surface area (Å²) >= 11 is 8.17. The smallest absolute Gasteiger partial charge is 0.407 e. The number of nitrogens with one attached hydrogen (secondary N) is 3. The summed E-state index contributed by atoms with van der Waals surface area (Å²) in [6.45, 7) is 4.06. The van der Waals surface area contributed by atoms with Crippen molar-refractivity contribution in [2.75, 3.05) is 49.3 Å². The third-order valence-corrected chi connectivity index (χ3v) is 11.3. The van der Waals surface area contributed by atoms with Gasteiger partial charge in [0.25, 0.3) is 11.8 Å². The monoisotopic (exact) mass is 696 g/mol. The average molecular weight is 697 g/mol. The Balaban J connectivity index is 1.13. The molecule has 0 bridgehead atoms. The lowest BCUT2D eigenvalue weighted by Gasteiger charge is -2.39. The van der Waals surface area contributed by atoms with Gasteiger partial charge in [-0.2, -0.15) is 0 Å². The number of piperazine rings is 1. The van der Waals surface area contributed by atoms with Crippen LogP contribution in [0, 0.1) is 6.92 Å². The second-order valence-corrected chi connectivity index (χ2v) is 14.1. The molecule has 3 aromatic heterocycles. The Morgan fingerprint density at radius 1 is 0.980 bits per heavy atom. The number of H-pyrrole nitrogens is 2. The van der Waals surface area contributed by atoms with Gasteiger partial charge in [0, 0.05) is 81.2 Å². The van der Waals surface area contributed by atoms with Crippen LogP contribution in [0.4, 0.5) is 16.2 Å². The minimum Gasteiger partial charge on any atom is -0.508 e. The average Bonchev–Trinajstić information content (AvgIpc) is 3.87. The summed E-state index contributed by atoms with van der Waals surface area (Å²) in [4.78, 5) is 51.5. The number of aromatic amines is 2. The van der Waals surface area contributed by atoms with Gasteiger partial charge in [-0.3, -0.25) is 14.5 Å². The van der Waals surface area contributed by atoms with E-state index in [-0.39, 0.29) is 29.5 Å². The summed E-state index contributed by atoms with van der Waals surface area (Å²) < 4.78 is 1.04. The van der Waals surface area contributed by atoms with Gasteiger partial charge in [0.15, 0.2) is 0 Å². The van der Waals surface area contributed by atoms with Crippen molar-refractivity contribution >= 4 is 84.1 Å².